The fourth-order valence-electron chi connectivity index (χ4n) is 1.31. The summed E-state index contributed by atoms with van der Waals surface area (Å²) in [6, 6.07) is 3.44. The summed E-state index contributed by atoms with van der Waals surface area (Å²) in [7, 11) is 3.44. The number of hydrogen-bond acceptors (Lipinski definition) is 4. The van der Waals surface area contributed by atoms with Crippen LogP contribution in [0.1, 0.15) is 17.3 Å². The maximum absolute atomic E-state index is 11.6. The molecule has 0 radical (unpaired) electrons. The molecule has 0 aliphatic heterocycles. The number of carbonyl (C=O) groups is 2. The van der Waals surface area contributed by atoms with Gasteiger partial charge in [0, 0.05) is 32.4 Å². The molecule has 17 heavy (non-hydrogen) atoms. The van der Waals surface area contributed by atoms with E-state index < -0.39 is 0 Å². The highest BCUT2D eigenvalue weighted by Crippen LogP contribution is 2.10. The Labute approximate surface area is 101 Å². The summed E-state index contributed by atoms with van der Waals surface area (Å²) in [6.07, 6.45) is 2.25. The van der Waals surface area contributed by atoms with Crippen LogP contribution in [0.2, 0.25) is 0 Å². The topological polar surface area (TPSA) is 53.5 Å². The van der Waals surface area contributed by atoms with Gasteiger partial charge in [-0.3, -0.25) is 9.59 Å². The van der Waals surface area contributed by atoms with Gasteiger partial charge in [0.15, 0.2) is 6.29 Å². The number of rotatable bonds is 5. The van der Waals surface area contributed by atoms with Gasteiger partial charge in [-0.1, -0.05) is 0 Å². The maximum Gasteiger partial charge on any atom is 0.241 e. The first-order valence-corrected chi connectivity index (χ1v) is 5.44. The van der Waals surface area contributed by atoms with E-state index in [0.717, 1.165) is 6.29 Å². The van der Waals surface area contributed by atoms with Crippen molar-refractivity contribution in [2.75, 3.05) is 32.1 Å². The third kappa shape index (κ3) is 3.55. The fraction of sp³-hybridized carbons (Fsp3) is 0.417. The molecule has 0 bridgehead atoms. The quantitative estimate of drug-likeness (QED) is 0.709. The van der Waals surface area contributed by atoms with Crippen LogP contribution < -0.4 is 4.90 Å². The molecule has 5 heteroatoms. The molecular formula is C12H17N3O2. The lowest BCUT2D eigenvalue weighted by molar-refractivity contribution is -0.127. The predicted molar refractivity (Wildman–Crippen MR) is 66.2 cm³/mol. The molecule has 1 aromatic rings. The van der Waals surface area contributed by atoms with E-state index in [1.54, 1.807) is 31.1 Å². The van der Waals surface area contributed by atoms with Crippen molar-refractivity contribution in [1.82, 2.24) is 9.88 Å². The lowest BCUT2D eigenvalue weighted by atomic mass is 10.3. The Kier molecular flexibility index (Phi) is 4.63. The minimum atomic E-state index is 0.0214. The Morgan fingerprint density at radius 3 is 2.53 bits per heavy atom. The van der Waals surface area contributed by atoms with Crippen molar-refractivity contribution in [2.24, 2.45) is 0 Å². The van der Waals surface area contributed by atoms with Crippen LogP contribution in [0.4, 0.5) is 5.82 Å². The van der Waals surface area contributed by atoms with Gasteiger partial charge in [-0.2, -0.15) is 0 Å². The Bertz CT molecular complexity index is 387. The lowest BCUT2D eigenvalue weighted by Crippen LogP contribution is -2.36. The molecule has 0 N–H and O–H groups in total. The van der Waals surface area contributed by atoms with Crippen molar-refractivity contribution < 1.29 is 9.59 Å². The van der Waals surface area contributed by atoms with Crippen LogP contribution in [0.25, 0.3) is 0 Å². The molecule has 0 fully saturated rings. The number of aromatic nitrogens is 1. The molecule has 0 atom stereocenters. The van der Waals surface area contributed by atoms with Crippen molar-refractivity contribution in [3.8, 4) is 0 Å². The number of likely N-dealkylation sites (N-methyl/N-ethyl adjacent to an activating group) is 2. The predicted octanol–water partition coefficient (Wildman–Crippen LogP) is 0.809. The van der Waals surface area contributed by atoms with Crippen molar-refractivity contribution in [3.63, 3.8) is 0 Å². The molecular weight excluding hydrogens is 218 g/mol. The molecule has 1 amide bonds. The molecule has 0 aliphatic carbocycles. The SMILES string of the molecule is CCN(CC(=O)N(C)C)c1ccc(C=O)cn1. The molecule has 1 rings (SSSR count). The van der Waals surface area contributed by atoms with Crippen LogP contribution in [0, 0.1) is 0 Å². The molecule has 0 aliphatic rings. The molecule has 1 aromatic heterocycles. The van der Waals surface area contributed by atoms with Crippen molar-refractivity contribution >= 4 is 18.0 Å². The van der Waals surface area contributed by atoms with Crippen LogP contribution >= 0.6 is 0 Å². The molecule has 0 saturated carbocycles. The number of nitrogens with zero attached hydrogens (tertiary/aromatic N) is 3. The summed E-state index contributed by atoms with van der Waals surface area (Å²) < 4.78 is 0. The van der Waals surface area contributed by atoms with E-state index in [4.69, 9.17) is 0 Å². The van der Waals surface area contributed by atoms with E-state index in [1.165, 1.54) is 6.20 Å². The second kappa shape index (κ2) is 5.98. The fourth-order valence-corrected chi connectivity index (χ4v) is 1.31. The van der Waals surface area contributed by atoms with Crippen LogP contribution in [0.15, 0.2) is 18.3 Å². The van der Waals surface area contributed by atoms with E-state index in [0.29, 0.717) is 17.9 Å². The maximum atomic E-state index is 11.6. The summed E-state index contributed by atoms with van der Waals surface area (Å²) in [5, 5.41) is 0. The van der Waals surface area contributed by atoms with E-state index >= 15 is 0 Å². The number of hydrogen-bond donors (Lipinski definition) is 0. The zero-order valence-electron chi connectivity index (χ0n) is 10.4. The highest BCUT2D eigenvalue weighted by atomic mass is 16.2. The van der Waals surface area contributed by atoms with Gasteiger partial charge in [-0.05, 0) is 19.1 Å². The van der Waals surface area contributed by atoms with Crippen LogP contribution in [0.3, 0.4) is 0 Å². The third-order valence-electron chi connectivity index (χ3n) is 2.44. The van der Waals surface area contributed by atoms with Crippen LogP contribution in [-0.4, -0.2) is 49.3 Å². The van der Waals surface area contributed by atoms with E-state index in [1.807, 2.05) is 11.8 Å². The summed E-state index contributed by atoms with van der Waals surface area (Å²) in [6.45, 7) is 2.93. The molecule has 92 valence electrons. The minimum absolute atomic E-state index is 0.0214. The number of aldehydes is 1. The highest BCUT2D eigenvalue weighted by Gasteiger charge is 2.12. The highest BCUT2D eigenvalue weighted by molar-refractivity contribution is 5.81. The molecule has 1 heterocycles. The van der Waals surface area contributed by atoms with Crippen molar-refractivity contribution in [1.29, 1.82) is 0 Å². The molecule has 5 nitrogen and oxygen atoms in total. The second-order valence-electron chi connectivity index (χ2n) is 3.87. The van der Waals surface area contributed by atoms with Gasteiger partial charge in [0.2, 0.25) is 5.91 Å². The van der Waals surface area contributed by atoms with Crippen LogP contribution in [0.5, 0.6) is 0 Å². The normalized spacial score (nSPS) is 9.82. The van der Waals surface area contributed by atoms with Gasteiger partial charge < -0.3 is 9.80 Å². The number of pyridine rings is 1. The van der Waals surface area contributed by atoms with Gasteiger partial charge in [0.1, 0.15) is 5.82 Å². The summed E-state index contributed by atoms with van der Waals surface area (Å²) >= 11 is 0. The Hall–Kier alpha value is -1.91. The zero-order valence-corrected chi connectivity index (χ0v) is 10.4. The number of amides is 1. The molecule has 0 unspecified atom stereocenters. The molecule has 0 spiro atoms. The van der Waals surface area contributed by atoms with Gasteiger partial charge in [0.05, 0.1) is 6.54 Å². The third-order valence-corrected chi connectivity index (χ3v) is 2.44. The summed E-state index contributed by atoms with van der Waals surface area (Å²) in [5.74, 6) is 0.724. The van der Waals surface area contributed by atoms with Crippen LogP contribution in [-0.2, 0) is 4.79 Å². The summed E-state index contributed by atoms with van der Waals surface area (Å²) in [5.41, 5.74) is 0.531. The second-order valence-corrected chi connectivity index (χ2v) is 3.87. The Morgan fingerprint density at radius 1 is 1.41 bits per heavy atom. The zero-order chi connectivity index (χ0) is 12.8. The van der Waals surface area contributed by atoms with E-state index in [2.05, 4.69) is 4.98 Å². The van der Waals surface area contributed by atoms with Crippen molar-refractivity contribution in [3.05, 3.63) is 23.9 Å². The number of carbonyl (C=O) groups excluding carboxylic acids is 2. The average Bonchev–Trinajstić information content (AvgIpc) is 2.35. The lowest BCUT2D eigenvalue weighted by Gasteiger charge is -2.23. The smallest absolute Gasteiger partial charge is 0.241 e. The first-order valence-electron chi connectivity index (χ1n) is 5.44. The summed E-state index contributed by atoms with van der Waals surface area (Å²) in [4.78, 5) is 29.7. The first kappa shape index (κ1) is 13.2. The van der Waals surface area contributed by atoms with E-state index in [-0.39, 0.29) is 12.5 Å². The molecule has 0 saturated heterocycles. The minimum Gasteiger partial charge on any atom is -0.348 e. The van der Waals surface area contributed by atoms with Gasteiger partial charge in [-0.25, -0.2) is 4.98 Å². The van der Waals surface area contributed by atoms with Crippen molar-refractivity contribution in [2.45, 2.75) is 6.92 Å². The van der Waals surface area contributed by atoms with Gasteiger partial charge in [0.25, 0.3) is 0 Å². The Morgan fingerprint density at radius 2 is 2.12 bits per heavy atom. The van der Waals surface area contributed by atoms with Gasteiger partial charge in [-0.15, -0.1) is 0 Å². The largest absolute Gasteiger partial charge is 0.348 e. The van der Waals surface area contributed by atoms with E-state index in [9.17, 15) is 9.59 Å². The average molecular weight is 235 g/mol. The standard InChI is InChI=1S/C12H17N3O2/c1-4-15(8-12(17)14(2)3)11-6-5-10(9-16)7-13-11/h5-7,9H,4,8H2,1-3H3. The monoisotopic (exact) mass is 235 g/mol. The number of anilines is 1. The first-order chi connectivity index (χ1) is 8.08. The molecule has 0 aromatic carbocycles. The Balaban J connectivity index is 2.78. The van der Waals surface area contributed by atoms with Gasteiger partial charge >= 0.3 is 0 Å².